The van der Waals surface area contributed by atoms with E-state index in [1.54, 1.807) is 0 Å². The molecule has 102 valence electrons. The van der Waals surface area contributed by atoms with Crippen molar-refractivity contribution in [2.24, 2.45) is 5.73 Å². The summed E-state index contributed by atoms with van der Waals surface area (Å²) in [5.41, 5.74) is 4.61. The van der Waals surface area contributed by atoms with Gasteiger partial charge in [0.15, 0.2) is 5.82 Å². The summed E-state index contributed by atoms with van der Waals surface area (Å²) in [6, 6.07) is 5.25. The van der Waals surface area contributed by atoms with Gasteiger partial charge in [0.2, 0.25) is 0 Å². The molecule has 0 fully saturated rings. The fraction of sp³-hybridized carbons (Fsp3) is 0.333. The summed E-state index contributed by atoms with van der Waals surface area (Å²) in [5.74, 6) is 0.595. The van der Waals surface area contributed by atoms with Gasteiger partial charge in [0, 0.05) is 12.0 Å². The summed E-state index contributed by atoms with van der Waals surface area (Å²) in [4.78, 5) is 4.07. The zero-order valence-corrected chi connectivity index (χ0v) is 10.0. The molecular weight excluding hydrogens is 257 g/mol. The first-order valence-corrected chi connectivity index (χ1v) is 5.80. The maximum Gasteiger partial charge on any atom is 0.417 e. The Morgan fingerprint density at radius 3 is 2.63 bits per heavy atom. The van der Waals surface area contributed by atoms with Crippen LogP contribution in [0.3, 0.4) is 0 Å². The summed E-state index contributed by atoms with van der Waals surface area (Å²) >= 11 is 0. The lowest BCUT2D eigenvalue weighted by Crippen LogP contribution is -2.07. The number of hydrogen-bond donors (Lipinski definition) is 2. The third-order valence-electron chi connectivity index (χ3n) is 2.62. The van der Waals surface area contributed by atoms with Crippen LogP contribution in [0.15, 0.2) is 24.3 Å². The van der Waals surface area contributed by atoms with Gasteiger partial charge in [0.05, 0.1) is 5.56 Å². The van der Waals surface area contributed by atoms with Crippen molar-refractivity contribution in [1.82, 2.24) is 15.2 Å². The molecule has 2 aromatic rings. The second-order valence-corrected chi connectivity index (χ2v) is 4.04. The molecular formula is C12H13F3N4. The monoisotopic (exact) mass is 270 g/mol. The van der Waals surface area contributed by atoms with Gasteiger partial charge in [0.1, 0.15) is 5.82 Å². The summed E-state index contributed by atoms with van der Waals surface area (Å²) < 4.78 is 38.6. The molecule has 19 heavy (non-hydrogen) atoms. The molecule has 0 bridgehead atoms. The molecule has 0 unspecified atom stereocenters. The van der Waals surface area contributed by atoms with E-state index in [1.165, 1.54) is 18.2 Å². The molecule has 0 amide bonds. The number of nitrogens with one attached hydrogen (secondary N) is 1. The molecule has 0 spiro atoms. The van der Waals surface area contributed by atoms with Crippen LogP contribution in [0.1, 0.15) is 17.8 Å². The molecule has 0 saturated carbocycles. The van der Waals surface area contributed by atoms with E-state index in [0.717, 1.165) is 6.07 Å². The first kappa shape index (κ1) is 13.5. The minimum Gasteiger partial charge on any atom is -0.330 e. The predicted molar refractivity (Wildman–Crippen MR) is 64.2 cm³/mol. The standard InChI is InChI=1S/C12H13F3N4/c13-12(14,15)9-5-2-1-4-8(9)11-17-10(18-19-11)6-3-7-16/h1-2,4-5H,3,6-7,16H2,(H,17,18,19). The number of nitrogens with two attached hydrogens (primary N) is 1. The topological polar surface area (TPSA) is 67.6 Å². The Morgan fingerprint density at radius 1 is 1.21 bits per heavy atom. The number of alkyl halides is 3. The van der Waals surface area contributed by atoms with Crippen LogP contribution >= 0.6 is 0 Å². The van der Waals surface area contributed by atoms with E-state index in [0.29, 0.717) is 25.2 Å². The minimum atomic E-state index is -4.42. The normalized spacial score (nSPS) is 11.8. The number of aromatic amines is 1. The first-order chi connectivity index (χ1) is 9.02. The van der Waals surface area contributed by atoms with E-state index >= 15 is 0 Å². The average Bonchev–Trinajstić information content (AvgIpc) is 2.84. The zero-order valence-electron chi connectivity index (χ0n) is 10.0. The van der Waals surface area contributed by atoms with Crippen molar-refractivity contribution in [3.63, 3.8) is 0 Å². The SMILES string of the molecule is NCCCc1nc(-c2ccccc2C(F)(F)F)n[nH]1. The summed E-state index contributed by atoms with van der Waals surface area (Å²) in [6.45, 7) is 0.495. The van der Waals surface area contributed by atoms with Crippen LogP contribution < -0.4 is 5.73 Å². The van der Waals surface area contributed by atoms with E-state index in [2.05, 4.69) is 15.2 Å². The van der Waals surface area contributed by atoms with Gasteiger partial charge in [-0.1, -0.05) is 18.2 Å². The molecule has 0 atom stereocenters. The first-order valence-electron chi connectivity index (χ1n) is 5.80. The minimum absolute atomic E-state index is 0.0229. The van der Waals surface area contributed by atoms with Crippen molar-refractivity contribution < 1.29 is 13.2 Å². The second-order valence-electron chi connectivity index (χ2n) is 4.04. The number of rotatable bonds is 4. The molecule has 4 nitrogen and oxygen atoms in total. The molecule has 0 aliphatic carbocycles. The van der Waals surface area contributed by atoms with Crippen LogP contribution in [0.5, 0.6) is 0 Å². The summed E-state index contributed by atoms with van der Waals surface area (Å²) in [6.07, 6.45) is -3.15. The molecule has 3 N–H and O–H groups in total. The van der Waals surface area contributed by atoms with Gasteiger partial charge in [-0.25, -0.2) is 4.98 Å². The molecule has 1 aromatic heterocycles. The van der Waals surface area contributed by atoms with Crippen molar-refractivity contribution in [3.05, 3.63) is 35.7 Å². The average molecular weight is 270 g/mol. The zero-order chi connectivity index (χ0) is 13.9. The number of halogens is 3. The fourth-order valence-corrected chi connectivity index (χ4v) is 1.72. The van der Waals surface area contributed by atoms with Crippen LogP contribution in [0.25, 0.3) is 11.4 Å². The van der Waals surface area contributed by atoms with Crippen LogP contribution in [0.4, 0.5) is 13.2 Å². The third-order valence-corrected chi connectivity index (χ3v) is 2.62. The number of hydrogen-bond acceptors (Lipinski definition) is 3. The van der Waals surface area contributed by atoms with Crippen molar-refractivity contribution in [2.45, 2.75) is 19.0 Å². The molecule has 0 saturated heterocycles. The molecule has 7 heteroatoms. The molecule has 2 rings (SSSR count). The Morgan fingerprint density at radius 2 is 1.95 bits per heavy atom. The van der Waals surface area contributed by atoms with E-state index in [4.69, 9.17) is 5.73 Å². The molecule has 1 heterocycles. The Balaban J connectivity index is 2.34. The van der Waals surface area contributed by atoms with Crippen LogP contribution in [-0.2, 0) is 12.6 Å². The van der Waals surface area contributed by atoms with Crippen LogP contribution in [0, 0.1) is 0 Å². The van der Waals surface area contributed by atoms with E-state index < -0.39 is 11.7 Å². The lowest BCUT2D eigenvalue weighted by Gasteiger charge is -2.09. The maximum absolute atomic E-state index is 12.9. The second kappa shape index (κ2) is 5.40. The van der Waals surface area contributed by atoms with Gasteiger partial charge in [-0.3, -0.25) is 5.10 Å². The molecule has 0 aliphatic rings. The Hall–Kier alpha value is -1.89. The number of aryl methyl sites for hydroxylation is 1. The summed E-state index contributed by atoms with van der Waals surface area (Å²) in [7, 11) is 0. The van der Waals surface area contributed by atoms with Gasteiger partial charge < -0.3 is 5.73 Å². The van der Waals surface area contributed by atoms with Gasteiger partial charge in [-0.15, -0.1) is 0 Å². The fourth-order valence-electron chi connectivity index (χ4n) is 1.72. The van der Waals surface area contributed by atoms with Crippen LogP contribution in [-0.4, -0.2) is 21.7 Å². The number of benzene rings is 1. The number of H-pyrrole nitrogens is 1. The Kier molecular flexibility index (Phi) is 3.84. The lowest BCUT2D eigenvalue weighted by molar-refractivity contribution is -0.137. The molecule has 1 aromatic carbocycles. The summed E-state index contributed by atoms with van der Waals surface area (Å²) in [5, 5.41) is 6.47. The number of nitrogens with zero attached hydrogens (tertiary/aromatic N) is 2. The highest BCUT2D eigenvalue weighted by Crippen LogP contribution is 2.35. The van der Waals surface area contributed by atoms with Gasteiger partial charge in [-0.2, -0.15) is 18.3 Å². The lowest BCUT2D eigenvalue weighted by atomic mass is 10.1. The van der Waals surface area contributed by atoms with E-state index in [9.17, 15) is 13.2 Å². The van der Waals surface area contributed by atoms with E-state index in [-0.39, 0.29) is 11.4 Å². The predicted octanol–water partition coefficient (Wildman–Crippen LogP) is 2.38. The van der Waals surface area contributed by atoms with Crippen molar-refractivity contribution in [3.8, 4) is 11.4 Å². The van der Waals surface area contributed by atoms with Gasteiger partial charge in [-0.05, 0) is 19.0 Å². The molecule has 0 aliphatic heterocycles. The highest BCUT2D eigenvalue weighted by atomic mass is 19.4. The quantitative estimate of drug-likeness (QED) is 0.896. The van der Waals surface area contributed by atoms with Crippen molar-refractivity contribution >= 4 is 0 Å². The number of aromatic nitrogens is 3. The van der Waals surface area contributed by atoms with Crippen molar-refractivity contribution in [2.75, 3.05) is 6.54 Å². The Bertz CT molecular complexity index is 548. The maximum atomic E-state index is 12.9. The van der Waals surface area contributed by atoms with Crippen LogP contribution in [0.2, 0.25) is 0 Å². The highest BCUT2D eigenvalue weighted by molar-refractivity contribution is 5.60. The third kappa shape index (κ3) is 3.11. The Labute approximate surface area is 107 Å². The van der Waals surface area contributed by atoms with Gasteiger partial charge >= 0.3 is 6.18 Å². The smallest absolute Gasteiger partial charge is 0.330 e. The van der Waals surface area contributed by atoms with E-state index in [1.807, 2.05) is 0 Å². The highest BCUT2D eigenvalue weighted by Gasteiger charge is 2.34. The van der Waals surface area contributed by atoms with Gasteiger partial charge in [0.25, 0.3) is 0 Å². The molecule has 0 radical (unpaired) electrons. The largest absolute Gasteiger partial charge is 0.417 e. The van der Waals surface area contributed by atoms with Crippen molar-refractivity contribution in [1.29, 1.82) is 0 Å².